The quantitative estimate of drug-likeness (QED) is 0.398. The molecule has 0 saturated carbocycles. The van der Waals surface area contributed by atoms with Crippen LogP contribution in [0.4, 0.5) is 0 Å². The monoisotopic (exact) mass is 130 g/mol. The normalized spacial score (nSPS) is 9.44. The van der Waals surface area contributed by atoms with Crippen molar-refractivity contribution in [1.82, 2.24) is 4.68 Å². The van der Waals surface area contributed by atoms with E-state index >= 15 is 0 Å². The first-order valence-electron chi connectivity index (χ1n) is 2.25. The number of aromatic hydroxyl groups is 2. The lowest BCUT2D eigenvalue weighted by atomic mass is 10.6. The molecule has 0 atom stereocenters. The Morgan fingerprint density at radius 2 is 1.67 bits per heavy atom. The van der Waals surface area contributed by atoms with E-state index < -0.39 is 0 Å². The van der Waals surface area contributed by atoms with Crippen LogP contribution in [0.1, 0.15) is 0 Å². The van der Waals surface area contributed by atoms with Gasteiger partial charge in [-0.25, -0.2) is 0 Å². The van der Waals surface area contributed by atoms with Crippen molar-refractivity contribution in [3.8, 4) is 11.8 Å². The van der Waals surface area contributed by atoms with Gasteiger partial charge in [-0.1, -0.05) is 0 Å². The Bertz CT molecular complexity index is 188. The van der Waals surface area contributed by atoms with Gasteiger partial charge in [-0.2, -0.15) is 10.3 Å². The van der Waals surface area contributed by atoms with Crippen molar-refractivity contribution in [3.63, 3.8) is 0 Å². The molecule has 0 amide bonds. The smallest absolute Gasteiger partial charge is 0.215 e. The zero-order valence-corrected chi connectivity index (χ0v) is 4.44. The van der Waals surface area contributed by atoms with E-state index in [0.717, 1.165) is 0 Å². The standard InChI is InChI=1S/C4H6N2O3/c7-3-1-2-4(8)6(3)5-9/h1-2,5,7-9H. The van der Waals surface area contributed by atoms with Gasteiger partial charge in [-0.15, -0.1) is 0 Å². The molecule has 4 N–H and O–H groups in total. The molecule has 0 unspecified atom stereocenters. The van der Waals surface area contributed by atoms with Crippen molar-refractivity contribution in [2.45, 2.75) is 0 Å². The van der Waals surface area contributed by atoms with Gasteiger partial charge in [-0.3, -0.25) is 5.21 Å². The Balaban J connectivity index is 3.07. The Labute approximate surface area is 50.7 Å². The van der Waals surface area contributed by atoms with E-state index in [-0.39, 0.29) is 11.8 Å². The fourth-order valence-corrected chi connectivity index (χ4v) is 0.518. The van der Waals surface area contributed by atoms with Crippen LogP contribution in [0.25, 0.3) is 0 Å². The lowest BCUT2D eigenvalue weighted by molar-refractivity contribution is 0.274. The highest BCUT2D eigenvalue weighted by Crippen LogP contribution is 2.17. The van der Waals surface area contributed by atoms with Crippen LogP contribution >= 0.6 is 0 Å². The topological polar surface area (TPSA) is 77.7 Å². The number of hydrogen-bond donors (Lipinski definition) is 4. The maximum atomic E-state index is 8.71. The maximum Gasteiger partial charge on any atom is 0.215 e. The van der Waals surface area contributed by atoms with Crippen LogP contribution in [0.5, 0.6) is 11.8 Å². The highest BCUT2D eigenvalue weighted by atomic mass is 16.5. The van der Waals surface area contributed by atoms with Crippen LogP contribution in [0, 0.1) is 0 Å². The van der Waals surface area contributed by atoms with Gasteiger partial charge in [0.25, 0.3) is 0 Å². The van der Waals surface area contributed by atoms with E-state index in [4.69, 9.17) is 15.4 Å². The van der Waals surface area contributed by atoms with Gasteiger partial charge in [-0.05, 0) is 0 Å². The van der Waals surface area contributed by atoms with Crippen molar-refractivity contribution in [2.75, 3.05) is 5.59 Å². The molecule has 0 fully saturated rings. The predicted octanol–water partition coefficient (Wildman–Crippen LogP) is -0.168. The Kier molecular flexibility index (Phi) is 1.20. The molecule has 1 heterocycles. The maximum absolute atomic E-state index is 8.71. The van der Waals surface area contributed by atoms with Crippen molar-refractivity contribution in [2.24, 2.45) is 0 Å². The highest BCUT2D eigenvalue weighted by Gasteiger charge is 2.01. The molecule has 9 heavy (non-hydrogen) atoms. The first kappa shape index (κ1) is 5.77. The van der Waals surface area contributed by atoms with Crippen molar-refractivity contribution in [3.05, 3.63) is 12.1 Å². The van der Waals surface area contributed by atoms with Crippen LogP contribution in [0.3, 0.4) is 0 Å². The van der Waals surface area contributed by atoms with Gasteiger partial charge in [0.05, 0.1) is 0 Å². The van der Waals surface area contributed by atoms with Gasteiger partial charge in [0.15, 0.2) is 0 Å². The summed E-state index contributed by atoms with van der Waals surface area (Å²) < 4.78 is 0.708. The molecular weight excluding hydrogens is 124 g/mol. The number of aromatic nitrogens is 1. The number of hydrogen-bond acceptors (Lipinski definition) is 4. The van der Waals surface area contributed by atoms with E-state index in [0.29, 0.717) is 4.68 Å². The molecule has 1 aromatic heterocycles. The number of nitrogens with one attached hydrogen (secondary N) is 1. The summed E-state index contributed by atoms with van der Waals surface area (Å²) in [7, 11) is 0. The van der Waals surface area contributed by atoms with Crippen LogP contribution in [0.15, 0.2) is 12.1 Å². The molecule has 0 radical (unpaired) electrons. The second kappa shape index (κ2) is 1.87. The summed E-state index contributed by atoms with van der Waals surface area (Å²) in [6.45, 7) is 0. The van der Waals surface area contributed by atoms with E-state index in [1.807, 2.05) is 0 Å². The first-order valence-corrected chi connectivity index (χ1v) is 2.25. The summed E-state index contributed by atoms with van der Waals surface area (Å²) in [6.07, 6.45) is 0. The Morgan fingerprint density at radius 3 is 1.89 bits per heavy atom. The molecule has 50 valence electrons. The molecule has 1 rings (SSSR count). The molecule has 0 aliphatic carbocycles. The highest BCUT2D eigenvalue weighted by molar-refractivity contribution is 5.24. The van der Waals surface area contributed by atoms with Gasteiger partial charge in [0, 0.05) is 12.1 Å². The van der Waals surface area contributed by atoms with Gasteiger partial charge < -0.3 is 10.2 Å². The molecule has 1 aromatic rings. The Morgan fingerprint density at radius 1 is 1.22 bits per heavy atom. The van der Waals surface area contributed by atoms with Gasteiger partial charge in [0.2, 0.25) is 11.8 Å². The molecule has 5 nitrogen and oxygen atoms in total. The van der Waals surface area contributed by atoms with Crippen LogP contribution in [0.2, 0.25) is 0 Å². The SMILES string of the molecule is ONn1c(O)ccc1O. The lowest BCUT2D eigenvalue weighted by Crippen LogP contribution is -2.07. The zero-order chi connectivity index (χ0) is 6.85. The third kappa shape index (κ3) is 0.768. The molecule has 0 bridgehead atoms. The van der Waals surface area contributed by atoms with Crippen LogP contribution < -0.4 is 5.59 Å². The fourth-order valence-electron chi connectivity index (χ4n) is 0.518. The van der Waals surface area contributed by atoms with Crippen LogP contribution in [-0.4, -0.2) is 20.1 Å². The van der Waals surface area contributed by atoms with Gasteiger partial charge >= 0.3 is 0 Å². The minimum Gasteiger partial charge on any atom is -0.493 e. The number of rotatable bonds is 1. The summed E-state index contributed by atoms with van der Waals surface area (Å²) >= 11 is 0. The lowest BCUT2D eigenvalue weighted by Gasteiger charge is -2.00. The predicted molar refractivity (Wildman–Crippen MR) is 28.9 cm³/mol. The molecule has 0 aromatic carbocycles. The van der Waals surface area contributed by atoms with Crippen molar-refractivity contribution >= 4 is 0 Å². The molecule has 0 saturated heterocycles. The second-order valence-corrected chi connectivity index (χ2v) is 1.49. The summed E-state index contributed by atoms with van der Waals surface area (Å²) in [5.41, 5.74) is 1.56. The van der Waals surface area contributed by atoms with E-state index in [1.165, 1.54) is 12.1 Å². The molecule has 0 aliphatic rings. The average molecular weight is 130 g/mol. The summed E-state index contributed by atoms with van der Waals surface area (Å²) in [6, 6.07) is 2.47. The fraction of sp³-hybridized carbons (Fsp3) is 0. The third-order valence-electron chi connectivity index (χ3n) is 0.940. The average Bonchev–Trinajstić information content (AvgIpc) is 2.12. The molecular formula is C4H6N2O3. The summed E-state index contributed by atoms with van der Waals surface area (Å²) in [4.78, 5) is 0. The minimum atomic E-state index is -0.255. The first-order chi connectivity index (χ1) is 4.25. The van der Waals surface area contributed by atoms with Crippen molar-refractivity contribution < 1.29 is 15.4 Å². The van der Waals surface area contributed by atoms with Gasteiger partial charge in [0.1, 0.15) is 0 Å². The third-order valence-corrected chi connectivity index (χ3v) is 0.940. The Hall–Kier alpha value is -1.36. The molecule has 0 aliphatic heterocycles. The summed E-state index contributed by atoms with van der Waals surface area (Å²) in [5.74, 6) is -0.509. The van der Waals surface area contributed by atoms with Crippen LogP contribution in [-0.2, 0) is 0 Å². The van der Waals surface area contributed by atoms with E-state index in [9.17, 15) is 0 Å². The minimum absolute atomic E-state index is 0.255. The largest absolute Gasteiger partial charge is 0.493 e. The number of nitrogens with zero attached hydrogens (tertiary/aromatic N) is 1. The molecule has 0 spiro atoms. The molecule has 5 heteroatoms. The van der Waals surface area contributed by atoms with E-state index in [2.05, 4.69) is 0 Å². The van der Waals surface area contributed by atoms with E-state index in [1.54, 1.807) is 5.59 Å². The summed E-state index contributed by atoms with van der Waals surface area (Å²) in [5, 5.41) is 25.6. The zero-order valence-electron chi connectivity index (χ0n) is 4.44. The second-order valence-electron chi connectivity index (χ2n) is 1.49. The van der Waals surface area contributed by atoms with Crippen molar-refractivity contribution in [1.29, 1.82) is 0 Å².